The molecule has 0 bridgehead atoms. The lowest BCUT2D eigenvalue weighted by atomic mass is 10.1. The fourth-order valence-electron chi connectivity index (χ4n) is 2.23. The lowest BCUT2D eigenvalue weighted by Gasteiger charge is -2.19. The van der Waals surface area contributed by atoms with E-state index in [9.17, 15) is 4.79 Å². The van der Waals surface area contributed by atoms with Gasteiger partial charge in [0.15, 0.2) is 0 Å². The molecular weight excluding hydrogens is 314 g/mol. The number of halogens is 1. The molecule has 1 amide bonds. The van der Waals surface area contributed by atoms with E-state index in [1.165, 1.54) is 0 Å². The highest BCUT2D eigenvalue weighted by molar-refractivity contribution is 9.10. The Labute approximate surface area is 128 Å². The zero-order valence-electron chi connectivity index (χ0n) is 12.2. The normalized spacial score (nSPS) is 10.4. The van der Waals surface area contributed by atoms with Crippen molar-refractivity contribution in [1.82, 2.24) is 0 Å². The summed E-state index contributed by atoms with van der Waals surface area (Å²) in [5, 5.41) is 0. The van der Waals surface area contributed by atoms with Crippen molar-refractivity contribution in [1.29, 1.82) is 0 Å². The molecule has 0 aliphatic rings. The van der Waals surface area contributed by atoms with Gasteiger partial charge in [0, 0.05) is 22.8 Å². The van der Waals surface area contributed by atoms with Crippen LogP contribution in [0.2, 0.25) is 0 Å². The first-order valence-corrected chi connectivity index (χ1v) is 7.30. The predicted octanol–water partition coefficient (Wildman–Crippen LogP) is 4.65. The van der Waals surface area contributed by atoms with Crippen LogP contribution in [0.5, 0.6) is 0 Å². The summed E-state index contributed by atoms with van der Waals surface area (Å²) in [7, 11) is 1.81. The summed E-state index contributed by atoms with van der Waals surface area (Å²) in [5.41, 5.74) is 5.00. The van der Waals surface area contributed by atoms with Crippen LogP contribution >= 0.6 is 15.9 Å². The van der Waals surface area contributed by atoms with Crippen molar-refractivity contribution in [2.75, 3.05) is 11.9 Å². The van der Waals surface area contributed by atoms with Gasteiger partial charge in [0.25, 0.3) is 5.91 Å². The number of nitrogens with zero attached hydrogens (tertiary/aromatic N) is 1. The molecule has 2 rings (SSSR count). The molecule has 0 saturated heterocycles. The maximum atomic E-state index is 12.5. The molecule has 20 heavy (non-hydrogen) atoms. The van der Waals surface area contributed by atoms with Gasteiger partial charge in [-0.1, -0.05) is 22.0 Å². The lowest BCUT2D eigenvalue weighted by molar-refractivity contribution is 0.0993. The Kier molecular flexibility index (Phi) is 4.29. The van der Waals surface area contributed by atoms with E-state index >= 15 is 0 Å². The number of carbonyl (C=O) groups excluding carboxylic acids is 1. The number of rotatable bonds is 2. The Morgan fingerprint density at radius 3 is 2.15 bits per heavy atom. The van der Waals surface area contributed by atoms with Crippen molar-refractivity contribution < 1.29 is 4.79 Å². The van der Waals surface area contributed by atoms with E-state index in [0.29, 0.717) is 5.56 Å². The number of benzene rings is 2. The average Bonchev–Trinajstić information content (AvgIpc) is 2.39. The van der Waals surface area contributed by atoms with Crippen LogP contribution in [0.15, 0.2) is 40.9 Å². The Morgan fingerprint density at radius 2 is 1.60 bits per heavy atom. The van der Waals surface area contributed by atoms with Crippen LogP contribution in [-0.2, 0) is 0 Å². The predicted molar refractivity (Wildman–Crippen MR) is 87.5 cm³/mol. The molecule has 2 aromatic rings. The van der Waals surface area contributed by atoms with Gasteiger partial charge in [-0.2, -0.15) is 0 Å². The van der Waals surface area contributed by atoms with E-state index in [4.69, 9.17) is 0 Å². The molecule has 0 aliphatic heterocycles. The molecular formula is C17H18BrNO. The Morgan fingerprint density at radius 1 is 1.00 bits per heavy atom. The maximum absolute atomic E-state index is 12.5. The van der Waals surface area contributed by atoms with Gasteiger partial charge in [-0.25, -0.2) is 0 Å². The van der Waals surface area contributed by atoms with Gasteiger partial charge in [0.2, 0.25) is 0 Å². The second-order valence-electron chi connectivity index (χ2n) is 5.17. The molecule has 0 aliphatic carbocycles. The number of amides is 1. The summed E-state index contributed by atoms with van der Waals surface area (Å²) < 4.78 is 1.02. The van der Waals surface area contributed by atoms with E-state index in [1.54, 1.807) is 4.90 Å². The summed E-state index contributed by atoms with van der Waals surface area (Å²) in [6.07, 6.45) is 0. The van der Waals surface area contributed by atoms with Crippen LogP contribution in [0.25, 0.3) is 0 Å². The van der Waals surface area contributed by atoms with E-state index in [1.807, 2.05) is 58.2 Å². The molecule has 2 nitrogen and oxygen atoms in total. The molecule has 0 aromatic heterocycles. The van der Waals surface area contributed by atoms with Gasteiger partial charge in [-0.15, -0.1) is 0 Å². The summed E-state index contributed by atoms with van der Waals surface area (Å²) in [6.45, 7) is 6.06. The molecule has 0 atom stereocenters. The standard InChI is InChI=1S/C17H18BrNO/c1-11-7-12(2)9-15(8-11)19(4)17(20)14-5-6-16(18)13(3)10-14/h5-10H,1-4H3. The number of anilines is 1. The van der Waals surface area contributed by atoms with Gasteiger partial charge in [0.1, 0.15) is 0 Å². The monoisotopic (exact) mass is 331 g/mol. The van der Waals surface area contributed by atoms with E-state index in [-0.39, 0.29) is 5.91 Å². The number of carbonyl (C=O) groups is 1. The van der Waals surface area contributed by atoms with Crippen molar-refractivity contribution in [3.63, 3.8) is 0 Å². The number of hydrogen-bond donors (Lipinski definition) is 0. The van der Waals surface area contributed by atoms with Gasteiger partial charge in [-0.3, -0.25) is 4.79 Å². The first-order valence-electron chi connectivity index (χ1n) is 6.51. The van der Waals surface area contributed by atoms with Gasteiger partial charge in [-0.05, 0) is 67.8 Å². The largest absolute Gasteiger partial charge is 0.311 e. The third kappa shape index (κ3) is 3.10. The molecule has 2 aromatic carbocycles. The second kappa shape index (κ2) is 5.80. The third-order valence-corrected chi connectivity index (χ3v) is 4.19. The van der Waals surface area contributed by atoms with E-state index < -0.39 is 0 Å². The highest BCUT2D eigenvalue weighted by atomic mass is 79.9. The molecule has 0 heterocycles. The molecule has 0 saturated carbocycles. The van der Waals surface area contributed by atoms with Crippen LogP contribution in [0, 0.1) is 20.8 Å². The van der Waals surface area contributed by atoms with E-state index in [2.05, 4.69) is 22.0 Å². The van der Waals surface area contributed by atoms with Crippen LogP contribution in [0.4, 0.5) is 5.69 Å². The fraction of sp³-hybridized carbons (Fsp3) is 0.235. The van der Waals surface area contributed by atoms with Crippen LogP contribution < -0.4 is 4.90 Å². The second-order valence-corrected chi connectivity index (χ2v) is 6.03. The SMILES string of the molecule is Cc1cc(C)cc(N(C)C(=O)c2ccc(Br)c(C)c2)c1. The number of aryl methyl sites for hydroxylation is 3. The Bertz CT molecular complexity index is 644. The van der Waals surface area contributed by atoms with Crippen LogP contribution in [-0.4, -0.2) is 13.0 Å². The molecule has 3 heteroatoms. The van der Waals surface area contributed by atoms with Gasteiger partial charge < -0.3 is 4.90 Å². The Hall–Kier alpha value is -1.61. The van der Waals surface area contributed by atoms with Crippen LogP contribution in [0.3, 0.4) is 0 Å². The van der Waals surface area contributed by atoms with Gasteiger partial charge in [0.05, 0.1) is 0 Å². The quantitative estimate of drug-likeness (QED) is 0.784. The first kappa shape index (κ1) is 14.8. The Balaban J connectivity index is 2.34. The maximum Gasteiger partial charge on any atom is 0.258 e. The van der Waals surface area contributed by atoms with Crippen molar-refractivity contribution in [2.24, 2.45) is 0 Å². The number of hydrogen-bond acceptors (Lipinski definition) is 1. The molecule has 0 unspecified atom stereocenters. The zero-order valence-corrected chi connectivity index (χ0v) is 13.8. The molecule has 0 radical (unpaired) electrons. The zero-order chi connectivity index (χ0) is 14.9. The smallest absolute Gasteiger partial charge is 0.258 e. The third-order valence-electron chi connectivity index (χ3n) is 3.30. The summed E-state index contributed by atoms with van der Waals surface area (Å²) in [6, 6.07) is 11.8. The highest BCUT2D eigenvalue weighted by Crippen LogP contribution is 2.22. The molecule has 0 fully saturated rings. The van der Waals surface area contributed by atoms with Crippen molar-refractivity contribution >= 4 is 27.5 Å². The van der Waals surface area contributed by atoms with Crippen LogP contribution in [0.1, 0.15) is 27.0 Å². The molecule has 104 valence electrons. The van der Waals surface area contributed by atoms with Crippen molar-refractivity contribution in [3.05, 3.63) is 63.1 Å². The van der Waals surface area contributed by atoms with Crippen molar-refractivity contribution in [2.45, 2.75) is 20.8 Å². The fourth-order valence-corrected chi connectivity index (χ4v) is 2.48. The highest BCUT2D eigenvalue weighted by Gasteiger charge is 2.14. The van der Waals surface area contributed by atoms with Crippen molar-refractivity contribution in [3.8, 4) is 0 Å². The van der Waals surface area contributed by atoms with E-state index in [0.717, 1.165) is 26.9 Å². The summed E-state index contributed by atoms with van der Waals surface area (Å²) in [4.78, 5) is 14.2. The minimum Gasteiger partial charge on any atom is -0.311 e. The lowest BCUT2D eigenvalue weighted by Crippen LogP contribution is -2.26. The summed E-state index contributed by atoms with van der Waals surface area (Å²) in [5.74, 6) is 0.00519. The minimum atomic E-state index is 0.00519. The topological polar surface area (TPSA) is 20.3 Å². The summed E-state index contributed by atoms with van der Waals surface area (Å²) >= 11 is 3.45. The average molecular weight is 332 g/mol. The van der Waals surface area contributed by atoms with Gasteiger partial charge >= 0.3 is 0 Å². The molecule has 0 spiro atoms. The molecule has 0 N–H and O–H groups in total. The minimum absolute atomic E-state index is 0.00519. The first-order chi connectivity index (χ1) is 9.38.